The zero-order chi connectivity index (χ0) is 13.3. The number of nitrogen functional groups attached to an aromatic ring is 1. The van der Waals surface area contributed by atoms with Crippen molar-refractivity contribution in [3.05, 3.63) is 38.6 Å². The van der Waals surface area contributed by atoms with Crippen molar-refractivity contribution in [3.8, 4) is 0 Å². The fourth-order valence-electron chi connectivity index (χ4n) is 1.29. The van der Waals surface area contributed by atoms with Crippen molar-refractivity contribution in [1.29, 1.82) is 0 Å². The van der Waals surface area contributed by atoms with Crippen molar-refractivity contribution in [2.24, 2.45) is 0 Å². The van der Waals surface area contributed by atoms with Crippen LogP contribution >= 0.6 is 43.2 Å². The van der Waals surface area contributed by atoms with Gasteiger partial charge in [-0.1, -0.05) is 15.9 Å². The molecule has 1 aromatic carbocycles. The summed E-state index contributed by atoms with van der Waals surface area (Å²) in [4.78, 5) is 0. The second-order valence-corrected chi connectivity index (χ2v) is 7.96. The van der Waals surface area contributed by atoms with Crippen molar-refractivity contribution in [1.82, 2.24) is 0 Å². The van der Waals surface area contributed by atoms with Gasteiger partial charge in [-0.15, -0.1) is 11.3 Å². The Kier molecular flexibility index (Phi) is 4.00. The maximum atomic E-state index is 12.1. The molecule has 0 aliphatic rings. The van der Waals surface area contributed by atoms with Gasteiger partial charge in [0.25, 0.3) is 10.0 Å². The minimum Gasteiger partial charge on any atom is -0.397 e. The summed E-state index contributed by atoms with van der Waals surface area (Å²) in [5, 5.41) is 1.70. The van der Waals surface area contributed by atoms with Gasteiger partial charge < -0.3 is 5.73 Å². The highest BCUT2D eigenvalue weighted by molar-refractivity contribution is 9.10. The highest BCUT2D eigenvalue weighted by Gasteiger charge is 2.20. The van der Waals surface area contributed by atoms with Crippen LogP contribution in [0.15, 0.2) is 42.8 Å². The third-order valence-electron chi connectivity index (χ3n) is 2.09. The summed E-state index contributed by atoms with van der Waals surface area (Å²) in [6.07, 6.45) is 0. The molecule has 4 nitrogen and oxygen atoms in total. The van der Waals surface area contributed by atoms with Gasteiger partial charge in [0.2, 0.25) is 0 Å². The van der Waals surface area contributed by atoms with Gasteiger partial charge in [-0.3, -0.25) is 4.72 Å². The minimum absolute atomic E-state index is 0.227. The van der Waals surface area contributed by atoms with Crippen LogP contribution in [-0.2, 0) is 10.0 Å². The van der Waals surface area contributed by atoms with E-state index in [1.807, 2.05) is 0 Å². The average molecular weight is 412 g/mol. The molecule has 18 heavy (non-hydrogen) atoms. The van der Waals surface area contributed by atoms with E-state index in [1.165, 1.54) is 0 Å². The number of rotatable bonds is 3. The summed E-state index contributed by atoms with van der Waals surface area (Å²) in [6, 6.07) is 6.65. The van der Waals surface area contributed by atoms with Gasteiger partial charge in [0.1, 0.15) is 0 Å². The molecule has 0 spiro atoms. The maximum Gasteiger partial charge on any atom is 0.272 e. The topological polar surface area (TPSA) is 72.2 Å². The Labute approximate surface area is 126 Å². The molecule has 0 amide bonds. The fraction of sp³-hybridized carbons (Fsp3) is 0. The molecule has 0 bridgehead atoms. The molecule has 0 atom stereocenters. The van der Waals surface area contributed by atoms with Crippen molar-refractivity contribution in [3.63, 3.8) is 0 Å². The summed E-state index contributed by atoms with van der Waals surface area (Å²) in [5.41, 5.74) is 6.48. The molecule has 1 aromatic heterocycles. The van der Waals surface area contributed by atoms with Crippen LogP contribution in [0.5, 0.6) is 0 Å². The molecule has 0 radical (unpaired) electrons. The standard InChI is InChI=1S/C10H8Br2N2O2S2/c11-6-1-2-9(8(13)5-6)14-18(15,16)10-7(12)3-4-17-10/h1-5,14H,13H2. The lowest BCUT2D eigenvalue weighted by molar-refractivity contribution is 0.603. The van der Waals surface area contributed by atoms with Crippen LogP contribution < -0.4 is 10.5 Å². The molecule has 0 unspecified atom stereocenters. The van der Waals surface area contributed by atoms with Gasteiger partial charge in [-0.25, -0.2) is 8.42 Å². The highest BCUT2D eigenvalue weighted by Crippen LogP contribution is 2.31. The lowest BCUT2D eigenvalue weighted by Crippen LogP contribution is -2.13. The SMILES string of the molecule is Nc1cc(Br)ccc1NS(=O)(=O)c1sccc1Br. The smallest absolute Gasteiger partial charge is 0.272 e. The molecule has 96 valence electrons. The van der Waals surface area contributed by atoms with Gasteiger partial charge in [0.05, 0.1) is 11.4 Å². The number of anilines is 2. The van der Waals surface area contributed by atoms with Crippen LogP contribution in [0.3, 0.4) is 0 Å². The fourth-order valence-corrected chi connectivity index (χ4v) is 5.09. The van der Waals surface area contributed by atoms with Crippen LogP contribution in [0.1, 0.15) is 0 Å². The number of hydrogen-bond donors (Lipinski definition) is 2. The van der Waals surface area contributed by atoms with E-state index >= 15 is 0 Å². The molecule has 8 heteroatoms. The minimum atomic E-state index is -3.61. The Bertz CT molecular complexity index is 683. The monoisotopic (exact) mass is 410 g/mol. The number of benzene rings is 1. The largest absolute Gasteiger partial charge is 0.397 e. The molecule has 0 aliphatic heterocycles. The maximum absolute atomic E-state index is 12.1. The zero-order valence-electron chi connectivity index (χ0n) is 8.85. The molecule has 2 aromatic rings. The first-order valence-electron chi connectivity index (χ1n) is 4.71. The van der Waals surface area contributed by atoms with Crippen molar-refractivity contribution >= 4 is 64.6 Å². The number of halogens is 2. The number of nitrogens with two attached hydrogens (primary N) is 1. The molecule has 0 saturated carbocycles. The van der Waals surface area contributed by atoms with Gasteiger partial charge in [-0.05, 0) is 45.6 Å². The number of sulfonamides is 1. The van der Waals surface area contributed by atoms with Gasteiger partial charge >= 0.3 is 0 Å². The molecule has 2 rings (SSSR count). The molecule has 0 saturated heterocycles. The Hall–Kier alpha value is -0.570. The third kappa shape index (κ3) is 2.87. The average Bonchev–Trinajstić information content (AvgIpc) is 2.69. The predicted octanol–water partition coefficient (Wildman–Crippen LogP) is 3.66. The molecular weight excluding hydrogens is 404 g/mol. The lowest BCUT2D eigenvalue weighted by Gasteiger charge is -2.09. The molecule has 3 N–H and O–H groups in total. The van der Waals surface area contributed by atoms with Crippen LogP contribution in [0.2, 0.25) is 0 Å². The first-order chi connectivity index (χ1) is 8.40. The Morgan fingerprint density at radius 1 is 1.22 bits per heavy atom. The molecular formula is C10H8Br2N2O2S2. The normalized spacial score (nSPS) is 11.4. The van der Waals surface area contributed by atoms with Gasteiger partial charge in [0, 0.05) is 8.95 Å². The quantitative estimate of drug-likeness (QED) is 0.757. The van der Waals surface area contributed by atoms with E-state index in [2.05, 4.69) is 36.6 Å². The van der Waals surface area contributed by atoms with E-state index in [-0.39, 0.29) is 4.21 Å². The van der Waals surface area contributed by atoms with Crippen LogP contribution in [-0.4, -0.2) is 8.42 Å². The first-order valence-corrected chi connectivity index (χ1v) is 8.66. The third-order valence-corrected chi connectivity index (χ3v) is 6.62. The first kappa shape index (κ1) is 13.9. The highest BCUT2D eigenvalue weighted by atomic mass is 79.9. The summed E-state index contributed by atoms with van der Waals surface area (Å²) in [5.74, 6) is 0. The number of thiophene rings is 1. The summed E-state index contributed by atoms with van der Waals surface area (Å²) in [7, 11) is -3.61. The van der Waals surface area contributed by atoms with E-state index in [0.29, 0.717) is 15.8 Å². The number of hydrogen-bond acceptors (Lipinski definition) is 4. The van der Waals surface area contributed by atoms with Crippen LogP contribution in [0, 0.1) is 0 Å². The van der Waals surface area contributed by atoms with Crippen molar-refractivity contribution < 1.29 is 8.42 Å². The number of nitrogens with one attached hydrogen (secondary N) is 1. The van der Waals surface area contributed by atoms with Gasteiger partial charge in [0.15, 0.2) is 4.21 Å². The molecule has 0 aliphatic carbocycles. The van der Waals surface area contributed by atoms with E-state index in [1.54, 1.807) is 29.6 Å². The summed E-state index contributed by atoms with van der Waals surface area (Å²) >= 11 is 7.60. The molecule has 1 heterocycles. The van der Waals surface area contributed by atoms with E-state index < -0.39 is 10.0 Å². The van der Waals surface area contributed by atoms with E-state index in [4.69, 9.17) is 5.73 Å². The van der Waals surface area contributed by atoms with Crippen molar-refractivity contribution in [2.75, 3.05) is 10.5 Å². The molecule has 0 fully saturated rings. The van der Waals surface area contributed by atoms with E-state index in [0.717, 1.165) is 15.8 Å². The Morgan fingerprint density at radius 3 is 2.50 bits per heavy atom. The van der Waals surface area contributed by atoms with Crippen molar-refractivity contribution in [2.45, 2.75) is 4.21 Å². The van der Waals surface area contributed by atoms with Gasteiger partial charge in [-0.2, -0.15) is 0 Å². The lowest BCUT2D eigenvalue weighted by atomic mass is 10.3. The van der Waals surface area contributed by atoms with Crippen LogP contribution in [0.4, 0.5) is 11.4 Å². The summed E-state index contributed by atoms with van der Waals surface area (Å²) in [6.45, 7) is 0. The second-order valence-electron chi connectivity index (χ2n) is 3.39. The summed E-state index contributed by atoms with van der Waals surface area (Å²) < 4.78 is 28.3. The second kappa shape index (κ2) is 5.20. The zero-order valence-corrected chi connectivity index (χ0v) is 13.7. The predicted molar refractivity (Wildman–Crippen MR) is 81.4 cm³/mol. The Balaban J connectivity index is 2.37. The van der Waals surface area contributed by atoms with Crippen LogP contribution in [0.25, 0.3) is 0 Å². The van der Waals surface area contributed by atoms with E-state index in [9.17, 15) is 8.42 Å². The Morgan fingerprint density at radius 2 is 1.94 bits per heavy atom.